The number of rotatable bonds is 6. The van der Waals surface area contributed by atoms with E-state index in [0.717, 1.165) is 11.0 Å². The second-order valence-corrected chi connectivity index (χ2v) is 12.0. The van der Waals surface area contributed by atoms with E-state index < -0.39 is 53.4 Å². The van der Waals surface area contributed by atoms with Crippen LogP contribution in [-0.2, 0) is 14.3 Å². The number of benzene rings is 2. The van der Waals surface area contributed by atoms with Gasteiger partial charge in [-0.15, -0.1) is 0 Å². The highest BCUT2D eigenvalue weighted by molar-refractivity contribution is 6.31. The van der Waals surface area contributed by atoms with E-state index >= 15 is 0 Å². The van der Waals surface area contributed by atoms with Gasteiger partial charge in [0, 0.05) is 41.7 Å². The molecule has 7 nitrogen and oxygen atoms in total. The smallest absolute Gasteiger partial charge is 0.410 e. The van der Waals surface area contributed by atoms with Gasteiger partial charge in [-0.1, -0.05) is 35.9 Å². The maximum Gasteiger partial charge on any atom is 0.410 e. The lowest BCUT2D eigenvalue weighted by Gasteiger charge is -2.37. The van der Waals surface area contributed by atoms with E-state index in [1.807, 2.05) is 0 Å². The molecule has 4 rings (SSSR count). The number of amides is 3. The summed E-state index contributed by atoms with van der Waals surface area (Å²) in [4.78, 5) is 43.9. The molecule has 11 heteroatoms. The second-order valence-electron chi connectivity index (χ2n) is 11.6. The predicted octanol–water partition coefficient (Wildman–Crippen LogP) is 6.65. The first-order valence-electron chi connectivity index (χ1n) is 13.8. The molecule has 1 saturated carbocycles. The summed E-state index contributed by atoms with van der Waals surface area (Å²) in [6.45, 7) is 5.42. The molecule has 2 atom stereocenters. The van der Waals surface area contributed by atoms with Crippen LogP contribution in [0.3, 0.4) is 0 Å². The lowest BCUT2D eigenvalue weighted by atomic mass is 9.91. The number of carbonyl (C=O) groups is 3. The predicted molar refractivity (Wildman–Crippen MR) is 149 cm³/mol. The summed E-state index contributed by atoms with van der Waals surface area (Å²) in [5.74, 6) is -4.69. The van der Waals surface area contributed by atoms with Gasteiger partial charge in [-0.2, -0.15) is 0 Å². The Labute approximate surface area is 243 Å². The van der Waals surface area contributed by atoms with Gasteiger partial charge in [0.25, 0.3) is 5.91 Å². The Hall–Kier alpha value is -3.27. The number of likely N-dealkylation sites (tertiary alicyclic amines) is 1. The van der Waals surface area contributed by atoms with Crippen molar-refractivity contribution in [2.75, 3.05) is 11.4 Å². The molecule has 0 radical (unpaired) electrons. The fourth-order valence-corrected chi connectivity index (χ4v) is 5.55. The van der Waals surface area contributed by atoms with Crippen LogP contribution >= 0.6 is 11.6 Å². The second kappa shape index (κ2) is 12.3. The highest BCUT2D eigenvalue weighted by Gasteiger charge is 2.44. The summed E-state index contributed by atoms with van der Waals surface area (Å²) < 4.78 is 47.7. The van der Waals surface area contributed by atoms with E-state index in [4.69, 9.17) is 16.3 Å². The summed E-state index contributed by atoms with van der Waals surface area (Å²) >= 11 is 6.55. The number of hydrogen-bond donors (Lipinski definition) is 1. The van der Waals surface area contributed by atoms with E-state index in [9.17, 15) is 27.6 Å². The topological polar surface area (TPSA) is 79.0 Å². The minimum atomic E-state index is -2.79. The molecular weight excluding hydrogens is 559 g/mol. The van der Waals surface area contributed by atoms with Crippen LogP contribution in [0.15, 0.2) is 48.5 Å². The molecule has 0 unspecified atom stereocenters. The maximum absolute atomic E-state index is 14.5. The van der Waals surface area contributed by atoms with E-state index in [2.05, 4.69) is 5.32 Å². The van der Waals surface area contributed by atoms with Crippen molar-refractivity contribution in [3.63, 3.8) is 0 Å². The van der Waals surface area contributed by atoms with Gasteiger partial charge in [0.2, 0.25) is 11.8 Å². The molecule has 0 bridgehead atoms. The summed E-state index contributed by atoms with van der Waals surface area (Å²) in [6.07, 6.45) is -0.449. The zero-order valence-corrected chi connectivity index (χ0v) is 24.1. The van der Waals surface area contributed by atoms with Gasteiger partial charge < -0.3 is 10.1 Å². The largest absolute Gasteiger partial charge is 0.444 e. The quantitative estimate of drug-likeness (QED) is 0.407. The molecule has 1 aliphatic carbocycles. The van der Waals surface area contributed by atoms with Gasteiger partial charge in [0.15, 0.2) is 0 Å². The van der Waals surface area contributed by atoms with Crippen molar-refractivity contribution in [1.29, 1.82) is 0 Å². The van der Waals surface area contributed by atoms with Crippen LogP contribution in [0.5, 0.6) is 0 Å². The maximum atomic E-state index is 14.5. The van der Waals surface area contributed by atoms with Crippen LogP contribution in [-0.4, -0.2) is 53.0 Å². The SMILES string of the molecule is CC(C)(C)OC(=O)N1CCC[C@H]1C(=O)N(c1cccc(F)c1)[C@H](C(=O)NC1CCC(F)(F)CC1)c1ccccc1Cl. The lowest BCUT2D eigenvalue weighted by molar-refractivity contribution is -0.129. The van der Waals surface area contributed by atoms with Gasteiger partial charge in [0.1, 0.15) is 23.5 Å². The highest BCUT2D eigenvalue weighted by atomic mass is 35.5. The molecular formula is C30H35ClF3N3O4. The van der Waals surface area contributed by atoms with Crippen LogP contribution in [0.4, 0.5) is 23.7 Å². The number of halogens is 4. The third-order valence-corrected chi connectivity index (χ3v) is 7.60. The molecule has 3 amide bonds. The van der Waals surface area contributed by atoms with Crippen molar-refractivity contribution < 1.29 is 32.3 Å². The fourth-order valence-electron chi connectivity index (χ4n) is 5.31. The molecule has 1 N–H and O–H groups in total. The van der Waals surface area contributed by atoms with Crippen LogP contribution in [0, 0.1) is 5.82 Å². The van der Waals surface area contributed by atoms with Gasteiger partial charge >= 0.3 is 6.09 Å². The number of nitrogens with one attached hydrogen (secondary N) is 1. The van der Waals surface area contributed by atoms with Crippen LogP contribution < -0.4 is 10.2 Å². The highest BCUT2D eigenvalue weighted by Crippen LogP contribution is 2.37. The Morgan fingerprint density at radius 1 is 1.07 bits per heavy atom. The van der Waals surface area contributed by atoms with E-state index in [-0.39, 0.29) is 48.5 Å². The molecule has 222 valence electrons. The molecule has 41 heavy (non-hydrogen) atoms. The number of alkyl halides is 2. The molecule has 0 aromatic heterocycles. The van der Waals surface area contributed by atoms with Crippen LogP contribution in [0.2, 0.25) is 5.02 Å². The molecule has 1 saturated heterocycles. The minimum absolute atomic E-state index is 0.0664. The number of carbonyl (C=O) groups excluding carboxylic acids is 3. The summed E-state index contributed by atoms with van der Waals surface area (Å²) in [5, 5.41) is 3.02. The zero-order valence-electron chi connectivity index (χ0n) is 23.3. The van der Waals surface area contributed by atoms with Gasteiger partial charge in [0.05, 0.1) is 0 Å². The van der Waals surface area contributed by atoms with E-state index in [1.165, 1.54) is 23.1 Å². The van der Waals surface area contributed by atoms with Crippen molar-refractivity contribution in [3.8, 4) is 0 Å². The molecule has 1 heterocycles. The van der Waals surface area contributed by atoms with Crippen LogP contribution in [0.1, 0.15) is 70.9 Å². The fraction of sp³-hybridized carbons (Fsp3) is 0.500. The first kappa shape index (κ1) is 30.7. The third-order valence-electron chi connectivity index (χ3n) is 7.26. The van der Waals surface area contributed by atoms with Crippen molar-refractivity contribution in [3.05, 3.63) is 64.9 Å². The van der Waals surface area contributed by atoms with Crippen molar-refractivity contribution >= 4 is 35.2 Å². The molecule has 2 aromatic rings. The first-order valence-corrected chi connectivity index (χ1v) is 14.1. The molecule has 1 aliphatic heterocycles. The van der Waals surface area contributed by atoms with Crippen LogP contribution in [0.25, 0.3) is 0 Å². The average Bonchev–Trinajstić information content (AvgIpc) is 3.38. The molecule has 2 aromatic carbocycles. The Balaban J connectivity index is 1.75. The Kier molecular flexibility index (Phi) is 9.21. The van der Waals surface area contributed by atoms with E-state index in [0.29, 0.717) is 12.8 Å². The minimum Gasteiger partial charge on any atom is -0.444 e. The normalized spacial score (nSPS) is 19.9. The average molecular weight is 594 g/mol. The monoisotopic (exact) mass is 593 g/mol. The summed E-state index contributed by atoms with van der Waals surface area (Å²) in [5.41, 5.74) is -0.444. The first-order chi connectivity index (χ1) is 19.3. The summed E-state index contributed by atoms with van der Waals surface area (Å²) in [7, 11) is 0. The lowest BCUT2D eigenvalue weighted by Crippen LogP contribution is -2.54. The number of hydrogen-bond acceptors (Lipinski definition) is 4. The van der Waals surface area contributed by atoms with Gasteiger partial charge in [-0.25, -0.2) is 18.0 Å². The van der Waals surface area contributed by atoms with Crippen molar-refractivity contribution in [1.82, 2.24) is 10.2 Å². The molecule has 2 aliphatic rings. The Morgan fingerprint density at radius 3 is 2.39 bits per heavy atom. The Morgan fingerprint density at radius 2 is 1.76 bits per heavy atom. The molecule has 0 spiro atoms. The van der Waals surface area contributed by atoms with E-state index in [1.54, 1.807) is 45.0 Å². The Bertz CT molecular complexity index is 1280. The standard InChI is InChI=1S/C30H35ClF3N3O4/c1-29(2,3)41-28(40)36-17-7-12-24(36)27(39)37(21-9-6-8-19(32)18-21)25(22-10-4-5-11-23(22)31)26(38)35-20-13-15-30(33,34)16-14-20/h4-6,8-11,18,20,24-25H,7,12-17H2,1-3H3,(H,35,38)/t24-,25-/m0/s1. The summed E-state index contributed by atoms with van der Waals surface area (Å²) in [6, 6.07) is 8.81. The van der Waals surface area contributed by atoms with Gasteiger partial charge in [-0.3, -0.25) is 19.4 Å². The van der Waals surface area contributed by atoms with Gasteiger partial charge in [-0.05, 0) is 70.7 Å². The number of nitrogens with zero attached hydrogens (tertiary/aromatic N) is 2. The van der Waals surface area contributed by atoms with Crippen molar-refractivity contribution in [2.45, 2.75) is 88.9 Å². The molecule has 2 fully saturated rings. The van der Waals surface area contributed by atoms with Crippen molar-refractivity contribution in [2.24, 2.45) is 0 Å². The number of anilines is 1. The zero-order chi connectivity index (χ0) is 29.9. The third kappa shape index (κ3) is 7.52. The number of ether oxygens (including phenoxy) is 1.